The first-order valence-electron chi connectivity index (χ1n) is 12.7. The van der Waals surface area contributed by atoms with E-state index in [2.05, 4.69) is 20.5 Å². The molecule has 0 bridgehead atoms. The highest BCUT2D eigenvalue weighted by molar-refractivity contribution is 5.99. The second kappa shape index (κ2) is 11.9. The molecule has 2 fully saturated rings. The summed E-state index contributed by atoms with van der Waals surface area (Å²) in [7, 11) is 0. The molecule has 0 spiro atoms. The van der Waals surface area contributed by atoms with E-state index in [1.807, 2.05) is 24.3 Å². The highest BCUT2D eigenvalue weighted by atomic mass is 16.3. The van der Waals surface area contributed by atoms with Crippen LogP contribution in [0, 0.1) is 0 Å². The zero-order chi connectivity index (χ0) is 25.4. The van der Waals surface area contributed by atoms with E-state index in [1.165, 1.54) is 31.5 Å². The van der Waals surface area contributed by atoms with Crippen molar-refractivity contribution in [3.05, 3.63) is 71.7 Å². The van der Waals surface area contributed by atoms with Gasteiger partial charge in [-0.05, 0) is 74.6 Å². The van der Waals surface area contributed by atoms with E-state index in [-0.39, 0.29) is 23.8 Å². The number of anilines is 2. The Kier molecular flexibility index (Phi) is 8.38. The minimum Gasteiger partial charge on any atom is -0.404 e. The largest absolute Gasteiger partial charge is 0.404 e. The maximum absolute atomic E-state index is 12.8. The molecule has 8 nitrogen and oxygen atoms in total. The van der Waals surface area contributed by atoms with Gasteiger partial charge in [-0.25, -0.2) is 4.98 Å². The summed E-state index contributed by atoms with van der Waals surface area (Å²) in [5.41, 5.74) is 8.20. The number of aromatic nitrogens is 1. The number of pyridine rings is 1. The van der Waals surface area contributed by atoms with Gasteiger partial charge in [0, 0.05) is 36.1 Å². The van der Waals surface area contributed by atoms with Crippen molar-refractivity contribution in [1.29, 1.82) is 0 Å². The summed E-state index contributed by atoms with van der Waals surface area (Å²) in [4.78, 5) is 31.5. The third kappa shape index (κ3) is 6.12. The second-order valence-corrected chi connectivity index (χ2v) is 9.57. The summed E-state index contributed by atoms with van der Waals surface area (Å²) in [6.07, 6.45) is 11.0. The highest BCUT2D eigenvalue weighted by Gasteiger charge is 2.33. The fourth-order valence-electron chi connectivity index (χ4n) is 4.96. The molecule has 2 heterocycles. The molecule has 1 aromatic carbocycles. The quantitative estimate of drug-likeness (QED) is 0.241. The number of carbonyl (C=O) groups excluding carboxylic acids is 2. The van der Waals surface area contributed by atoms with Crippen LogP contribution in [0.2, 0.25) is 0 Å². The van der Waals surface area contributed by atoms with E-state index in [1.54, 1.807) is 18.2 Å². The van der Waals surface area contributed by atoms with Gasteiger partial charge < -0.3 is 26.4 Å². The molecule has 36 heavy (non-hydrogen) atoms. The van der Waals surface area contributed by atoms with Crippen molar-refractivity contribution in [2.24, 2.45) is 5.73 Å². The van der Waals surface area contributed by atoms with E-state index in [9.17, 15) is 14.7 Å². The molecule has 0 unspecified atom stereocenters. The summed E-state index contributed by atoms with van der Waals surface area (Å²) in [6, 6.07) is 12.9. The zero-order valence-corrected chi connectivity index (χ0v) is 20.6. The van der Waals surface area contributed by atoms with Gasteiger partial charge in [0.1, 0.15) is 5.82 Å². The molecule has 190 valence electrons. The number of carbonyl (C=O) groups is 2. The van der Waals surface area contributed by atoms with Gasteiger partial charge in [0.25, 0.3) is 5.91 Å². The van der Waals surface area contributed by atoms with Crippen molar-refractivity contribution >= 4 is 29.3 Å². The van der Waals surface area contributed by atoms with Gasteiger partial charge in [-0.3, -0.25) is 9.59 Å². The number of amides is 1. The number of nitrogens with two attached hydrogens (primary N) is 1. The molecule has 1 aliphatic carbocycles. The first-order chi connectivity index (χ1) is 17.6. The van der Waals surface area contributed by atoms with E-state index in [0.29, 0.717) is 28.9 Å². The molecule has 2 aliphatic rings. The van der Waals surface area contributed by atoms with Crippen molar-refractivity contribution in [3.63, 3.8) is 0 Å². The van der Waals surface area contributed by atoms with Crippen LogP contribution in [-0.4, -0.2) is 47.5 Å². The fraction of sp³-hybridized carbons (Fsp3) is 0.393. The van der Waals surface area contributed by atoms with Crippen LogP contribution in [0.5, 0.6) is 0 Å². The van der Waals surface area contributed by atoms with Gasteiger partial charge in [-0.2, -0.15) is 0 Å². The van der Waals surface area contributed by atoms with Gasteiger partial charge in [-0.15, -0.1) is 0 Å². The van der Waals surface area contributed by atoms with Crippen molar-refractivity contribution in [3.8, 4) is 0 Å². The Labute approximate surface area is 212 Å². The van der Waals surface area contributed by atoms with Crippen LogP contribution in [0.1, 0.15) is 61.0 Å². The Bertz CT molecular complexity index is 1110. The average molecular weight is 490 g/mol. The molecular weight excluding hydrogens is 454 g/mol. The van der Waals surface area contributed by atoms with Crippen LogP contribution in [-0.2, 0) is 4.79 Å². The predicted molar refractivity (Wildman–Crippen MR) is 142 cm³/mol. The molecule has 1 saturated heterocycles. The average Bonchev–Trinajstić information content (AvgIpc) is 3.40. The molecule has 2 aromatic rings. The van der Waals surface area contributed by atoms with Gasteiger partial charge in [-0.1, -0.05) is 18.9 Å². The number of hydrogen-bond acceptors (Lipinski definition) is 7. The molecule has 1 aliphatic heterocycles. The van der Waals surface area contributed by atoms with Crippen LogP contribution in [0.15, 0.2) is 60.4 Å². The van der Waals surface area contributed by atoms with Crippen LogP contribution in [0.25, 0.3) is 5.57 Å². The number of nitrogens with one attached hydrogen (secondary N) is 2. The second-order valence-electron chi connectivity index (χ2n) is 9.57. The number of aliphatic hydroxyl groups excluding tert-OH is 1. The fourth-order valence-corrected chi connectivity index (χ4v) is 4.96. The minimum atomic E-state index is -0.371. The lowest BCUT2D eigenvalue weighted by Gasteiger charge is -2.28. The van der Waals surface area contributed by atoms with Gasteiger partial charge in [0.2, 0.25) is 0 Å². The van der Waals surface area contributed by atoms with Gasteiger partial charge >= 0.3 is 0 Å². The molecule has 1 saturated carbocycles. The zero-order valence-electron chi connectivity index (χ0n) is 20.6. The van der Waals surface area contributed by atoms with Crippen LogP contribution >= 0.6 is 0 Å². The van der Waals surface area contributed by atoms with E-state index < -0.39 is 0 Å². The number of aldehydes is 1. The third-order valence-corrected chi connectivity index (χ3v) is 7.03. The standard InChI is InChI=1S/C28H35N5O3/c29-18-22(25-7-6-8-26(31-25)32-28(20-35)13-2-3-14-28)17-23(19-34)30-27(36)21-9-11-24(12-10-21)33-15-4-1-5-16-33/h6-12,17-19,35H,1-5,13-16,20,29H2,(H,30,36)(H,31,32)/b22-18+,23-17+. The van der Waals surface area contributed by atoms with Crippen LogP contribution in [0.4, 0.5) is 11.5 Å². The molecule has 4 rings (SSSR count). The first kappa shape index (κ1) is 25.4. The lowest BCUT2D eigenvalue weighted by molar-refractivity contribution is -0.105. The topological polar surface area (TPSA) is 121 Å². The molecule has 0 atom stereocenters. The van der Waals surface area contributed by atoms with Crippen molar-refractivity contribution in [1.82, 2.24) is 10.3 Å². The lowest BCUT2D eigenvalue weighted by Crippen LogP contribution is -2.39. The predicted octanol–water partition coefficient (Wildman–Crippen LogP) is 3.60. The molecular formula is C28H35N5O3. The molecule has 1 aromatic heterocycles. The number of rotatable bonds is 9. The lowest BCUT2D eigenvalue weighted by atomic mass is 9.99. The van der Waals surface area contributed by atoms with E-state index in [0.717, 1.165) is 44.5 Å². The molecule has 0 radical (unpaired) electrons. The van der Waals surface area contributed by atoms with Crippen LogP contribution < -0.4 is 21.3 Å². The molecule has 8 heteroatoms. The van der Waals surface area contributed by atoms with Crippen molar-refractivity contribution in [2.45, 2.75) is 50.5 Å². The van der Waals surface area contributed by atoms with Crippen LogP contribution in [0.3, 0.4) is 0 Å². The third-order valence-electron chi connectivity index (χ3n) is 7.03. The Morgan fingerprint density at radius 3 is 2.42 bits per heavy atom. The Balaban J connectivity index is 1.45. The van der Waals surface area contributed by atoms with Crippen molar-refractivity contribution in [2.75, 3.05) is 29.9 Å². The number of aliphatic hydroxyl groups is 1. The molecule has 1 amide bonds. The Hall–Kier alpha value is -3.65. The summed E-state index contributed by atoms with van der Waals surface area (Å²) in [5.74, 6) is 0.256. The maximum Gasteiger partial charge on any atom is 0.255 e. The minimum absolute atomic E-state index is 0.0404. The van der Waals surface area contributed by atoms with Gasteiger partial charge in [0.05, 0.1) is 23.5 Å². The number of allylic oxidation sites excluding steroid dienone is 3. The maximum atomic E-state index is 12.8. The molecule has 5 N–H and O–H groups in total. The van der Waals surface area contributed by atoms with E-state index >= 15 is 0 Å². The monoisotopic (exact) mass is 489 g/mol. The first-order valence-corrected chi connectivity index (χ1v) is 12.7. The Morgan fingerprint density at radius 1 is 1.06 bits per heavy atom. The number of benzene rings is 1. The summed E-state index contributed by atoms with van der Waals surface area (Å²) >= 11 is 0. The normalized spacial score (nSPS) is 18.1. The van der Waals surface area contributed by atoms with Crippen molar-refractivity contribution < 1.29 is 14.7 Å². The number of piperidine rings is 1. The highest BCUT2D eigenvalue weighted by Crippen LogP contribution is 2.32. The summed E-state index contributed by atoms with van der Waals surface area (Å²) < 4.78 is 0. The number of nitrogens with zero attached hydrogens (tertiary/aromatic N) is 2. The summed E-state index contributed by atoms with van der Waals surface area (Å²) in [5, 5.41) is 16.0. The Morgan fingerprint density at radius 2 is 1.78 bits per heavy atom. The number of hydrogen-bond donors (Lipinski definition) is 4. The SMILES string of the molecule is N/C=C(\C=C(/C=O)NC(=O)c1ccc(N2CCCCC2)cc1)c1cccc(NC2(CO)CCCC2)n1. The van der Waals surface area contributed by atoms with E-state index in [4.69, 9.17) is 5.73 Å². The van der Waals surface area contributed by atoms with Gasteiger partial charge in [0.15, 0.2) is 6.29 Å². The smallest absolute Gasteiger partial charge is 0.255 e. The summed E-state index contributed by atoms with van der Waals surface area (Å²) in [6.45, 7) is 2.10.